The molecule has 3 aromatic rings. The van der Waals surface area contributed by atoms with Crippen LogP contribution >= 0.6 is 15.9 Å². The van der Waals surface area contributed by atoms with Crippen molar-refractivity contribution in [2.24, 2.45) is 0 Å². The molecule has 6 nitrogen and oxygen atoms in total. The highest BCUT2D eigenvalue weighted by Gasteiger charge is 2.23. The number of nitrogens with zero attached hydrogens (tertiary/aromatic N) is 1. The largest absolute Gasteiger partial charge is 0.488 e. The van der Waals surface area contributed by atoms with Gasteiger partial charge in [0.1, 0.15) is 12.4 Å². The quantitative estimate of drug-likeness (QED) is 0.319. The maximum absolute atomic E-state index is 12.4. The summed E-state index contributed by atoms with van der Waals surface area (Å²) in [6, 6.07) is 19.3. The second kappa shape index (κ2) is 7.89. The molecule has 0 radical (unpaired) electrons. The third kappa shape index (κ3) is 4.05. The third-order valence-corrected chi connectivity index (χ3v) is 4.99. The predicted molar refractivity (Wildman–Crippen MR) is 115 cm³/mol. The molecule has 0 bridgehead atoms. The molecule has 1 aliphatic heterocycles. The van der Waals surface area contributed by atoms with E-state index in [-0.39, 0.29) is 18.2 Å². The van der Waals surface area contributed by atoms with Crippen LogP contribution in [-0.4, -0.2) is 10.8 Å². The molecule has 0 spiro atoms. The number of halogens is 1. The molecule has 29 heavy (non-hydrogen) atoms. The molecule has 0 aromatic heterocycles. The van der Waals surface area contributed by atoms with Crippen LogP contribution in [0.1, 0.15) is 16.7 Å². The Balaban J connectivity index is 1.64. The molecule has 0 atom stereocenters. The number of nitrogens with one attached hydrogen (secondary N) is 1. The number of nitro groups is 1. The van der Waals surface area contributed by atoms with Crippen molar-refractivity contribution in [2.75, 3.05) is 5.32 Å². The lowest BCUT2D eigenvalue weighted by Gasteiger charge is -2.11. The number of para-hydroxylation sites is 1. The number of hydrogen-bond acceptors (Lipinski definition) is 4. The van der Waals surface area contributed by atoms with E-state index < -0.39 is 4.92 Å². The average molecular weight is 451 g/mol. The van der Waals surface area contributed by atoms with Crippen molar-refractivity contribution < 1.29 is 14.5 Å². The van der Waals surface area contributed by atoms with E-state index in [0.29, 0.717) is 16.9 Å². The minimum Gasteiger partial charge on any atom is -0.488 e. The van der Waals surface area contributed by atoms with Crippen LogP contribution in [0.25, 0.3) is 11.6 Å². The van der Waals surface area contributed by atoms with E-state index >= 15 is 0 Å². The molecule has 144 valence electrons. The fourth-order valence-corrected chi connectivity index (χ4v) is 3.50. The van der Waals surface area contributed by atoms with E-state index in [4.69, 9.17) is 4.74 Å². The molecule has 1 N–H and O–H groups in total. The van der Waals surface area contributed by atoms with E-state index in [0.717, 1.165) is 21.3 Å². The van der Waals surface area contributed by atoms with Crippen molar-refractivity contribution in [3.63, 3.8) is 0 Å². The van der Waals surface area contributed by atoms with Crippen LogP contribution < -0.4 is 10.1 Å². The zero-order chi connectivity index (χ0) is 20.4. The normalized spacial score (nSPS) is 13.8. The van der Waals surface area contributed by atoms with Gasteiger partial charge in [0.25, 0.3) is 11.6 Å². The van der Waals surface area contributed by atoms with Crippen LogP contribution in [0.15, 0.2) is 71.2 Å². The fourth-order valence-electron chi connectivity index (χ4n) is 3.12. The van der Waals surface area contributed by atoms with Gasteiger partial charge in [0.15, 0.2) is 0 Å². The molecular weight excluding hydrogens is 436 g/mol. The monoisotopic (exact) mass is 450 g/mol. The van der Waals surface area contributed by atoms with E-state index in [1.165, 1.54) is 12.1 Å². The first-order valence-electron chi connectivity index (χ1n) is 8.79. The summed E-state index contributed by atoms with van der Waals surface area (Å²) in [5, 5.41) is 13.8. The lowest BCUT2D eigenvalue weighted by Crippen LogP contribution is -2.04. The first-order valence-corrected chi connectivity index (χ1v) is 9.59. The van der Waals surface area contributed by atoms with Gasteiger partial charge >= 0.3 is 0 Å². The number of hydrogen-bond donors (Lipinski definition) is 1. The van der Waals surface area contributed by atoms with Crippen LogP contribution in [0.2, 0.25) is 0 Å². The maximum atomic E-state index is 12.4. The summed E-state index contributed by atoms with van der Waals surface area (Å²) in [6.45, 7) is 0.169. The van der Waals surface area contributed by atoms with E-state index in [1.807, 2.05) is 36.4 Å². The van der Waals surface area contributed by atoms with Gasteiger partial charge < -0.3 is 10.1 Å². The summed E-state index contributed by atoms with van der Waals surface area (Å²) < 4.78 is 6.77. The number of benzene rings is 3. The number of rotatable bonds is 5. The molecule has 0 fully saturated rings. The number of amides is 1. The molecule has 0 unspecified atom stereocenters. The van der Waals surface area contributed by atoms with Crippen molar-refractivity contribution in [1.29, 1.82) is 0 Å². The van der Waals surface area contributed by atoms with Gasteiger partial charge in [-0.2, -0.15) is 0 Å². The molecule has 1 amide bonds. The summed E-state index contributed by atoms with van der Waals surface area (Å²) in [5.41, 5.74) is 3.60. The van der Waals surface area contributed by atoms with Crippen molar-refractivity contribution in [3.8, 4) is 5.75 Å². The van der Waals surface area contributed by atoms with Gasteiger partial charge in [0.05, 0.1) is 4.92 Å². The Morgan fingerprint density at radius 2 is 1.90 bits per heavy atom. The summed E-state index contributed by atoms with van der Waals surface area (Å²) in [5.74, 6) is 0.403. The van der Waals surface area contributed by atoms with Gasteiger partial charge in [-0.1, -0.05) is 46.3 Å². The topological polar surface area (TPSA) is 81.5 Å². The predicted octanol–water partition coefficient (Wildman–Crippen LogP) is 5.43. The number of carbonyl (C=O) groups excluding carboxylic acids is 1. The number of carbonyl (C=O) groups is 1. The molecule has 4 rings (SSSR count). The Bertz CT molecular complexity index is 1160. The Hall–Kier alpha value is -3.45. The number of fused-ring (bicyclic) bond motifs is 1. The van der Waals surface area contributed by atoms with Crippen molar-refractivity contribution in [1.82, 2.24) is 0 Å². The zero-order valence-electron chi connectivity index (χ0n) is 15.1. The maximum Gasteiger partial charge on any atom is 0.269 e. The van der Waals surface area contributed by atoms with Crippen molar-refractivity contribution >= 4 is 44.9 Å². The molecule has 7 heteroatoms. The van der Waals surface area contributed by atoms with Crippen LogP contribution in [0.4, 0.5) is 11.4 Å². The fraction of sp³-hybridized carbons (Fsp3) is 0.0455. The highest BCUT2D eigenvalue weighted by Crippen LogP contribution is 2.35. The minimum absolute atomic E-state index is 0.0171. The Morgan fingerprint density at radius 3 is 2.72 bits per heavy atom. The van der Waals surface area contributed by atoms with Crippen LogP contribution in [0.5, 0.6) is 5.75 Å². The smallest absolute Gasteiger partial charge is 0.269 e. The van der Waals surface area contributed by atoms with Crippen LogP contribution in [0, 0.1) is 10.1 Å². The SMILES string of the molecule is O=C1Nc2ccccc2/C1=C/c1cc(Br)ccc1OCc1cccc([N+](=O)[O-])c1. The standard InChI is InChI=1S/C22H15BrN2O4/c23-16-8-9-21(29-13-14-4-3-5-17(10-14)25(27)28)15(11-16)12-19-18-6-1-2-7-20(18)24-22(19)26/h1-12H,13H2,(H,24,26)/b19-12-. The van der Waals surface area contributed by atoms with E-state index in [9.17, 15) is 14.9 Å². The molecule has 0 aliphatic carbocycles. The van der Waals surface area contributed by atoms with Gasteiger partial charge in [0.2, 0.25) is 0 Å². The molecular formula is C22H15BrN2O4. The summed E-state index contributed by atoms with van der Waals surface area (Å²) >= 11 is 3.45. The number of ether oxygens (including phenoxy) is 1. The first-order chi connectivity index (χ1) is 14.0. The molecule has 1 heterocycles. The molecule has 0 saturated carbocycles. The molecule has 3 aromatic carbocycles. The van der Waals surface area contributed by atoms with Gasteiger partial charge in [-0.15, -0.1) is 0 Å². The highest BCUT2D eigenvalue weighted by molar-refractivity contribution is 9.10. The van der Waals surface area contributed by atoms with E-state index in [1.54, 1.807) is 24.3 Å². The summed E-state index contributed by atoms with van der Waals surface area (Å²) in [4.78, 5) is 22.9. The number of anilines is 1. The van der Waals surface area contributed by atoms with Gasteiger partial charge in [-0.05, 0) is 35.9 Å². The third-order valence-electron chi connectivity index (χ3n) is 4.50. The molecule has 1 aliphatic rings. The van der Waals surface area contributed by atoms with Gasteiger partial charge in [-0.3, -0.25) is 14.9 Å². The second-order valence-electron chi connectivity index (χ2n) is 6.46. The van der Waals surface area contributed by atoms with Crippen LogP contribution in [0.3, 0.4) is 0 Å². The van der Waals surface area contributed by atoms with Crippen molar-refractivity contribution in [3.05, 3.63) is 98.0 Å². The first kappa shape index (κ1) is 18.9. The second-order valence-corrected chi connectivity index (χ2v) is 7.37. The molecule has 0 saturated heterocycles. The van der Waals surface area contributed by atoms with Crippen LogP contribution in [-0.2, 0) is 11.4 Å². The average Bonchev–Trinajstić information content (AvgIpc) is 3.03. The number of non-ortho nitro benzene ring substituents is 1. The highest BCUT2D eigenvalue weighted by atomic mass is 79.9. The Labute approximate surface area is 175 Å². The lowest BCUT2D eigenvalue weighted by molar-refractivity contribution is -0.384. The lowest BCUT2D eigenvalue weighted by atomic mass is 10.0. The van der Waals surface area contributed by atoms with Crippen molar-refractivity contribution in [2.45, 2.75) is 6.61 Å². The zero-order valence-corrected chi connectivity index (χ0v) is 16.7. The van der Waals surface area contributed by atoms with Gasteiger partial charge in [0, 0.05) is 39.0 Å². The number of nitro benzene ring substituents is 1. The van der Waals surface area contributed by atoms with E-state index in [2.05, 4.69) is 21.2 Å². The Morgan fingerprint density at radius 1 is 1.07 bits per heavy atom. The Kier molecular flexibility index (Phi) is 5.14. The van der Waals surface area contributed by atoms with Gasteiger partial charge in [-0.25, -0.2) is 0 Å². The summed E-state index contributed by atoms with van der Waals surface area (Å²) in [7, 11) is 0. The summed E-state index contributed by atoms with van der Waals surface area (Å²) in [6.07, 6.45) is 1.79. The minimum atomic E-state index is -0.435.